The summed E-state index contributed by atoms with van der Waals surface area (Å²) in [5.41, 5.74) is 3.50. The molecule has 234 valence electrons. The number of methoxy groups -OCH3 is 1. The predicted octanol–water partition coefficient (Wildman–Crippen LogP) is 5.23. The minimum Gasteiger partial charge on any atom is -0.490 e. The topological polar surface area (TPSA) is 102 Å². The monoisotopic (exact) mass is 633 g/mol. The van der Waals surface area contributed by atoms with Gasteiger partial charge in [-0.3, -0.25) is 4.90 Å². The normalized spacial score (nSPS) is 23.8. The molecule has 2 aromatic carbocycles. The predicted molar refractivity (Wildman–Crippen MR) is 167 cm³/mol. The third-order valence-corrected chi connectivity index (χ3v) is 11.3. The molecule has 4 atom stereocenters. The van der Waals surface area contributed by atoms with Crippen LogP contribution in [0.25, 0.3) is 0 Å². The summed E-state index contributed by atoms with van der Waals surface area (Å²) in [5.74, 6) is -0.279. The van der Waals surface area contributed by atoms with Gasteiger partial charge in [-0.05, 0) is 86.4 Å². The molecule has 11 heteroatoms. The van der Waals surface area contributed by atoms with E-state index in [1.807, 2.05) is 18.2 Å². The minimum atomic E-state index is -3.68. The van der Waals surface area contributed by atoms with Crippen LogP contribution in [0.5, 0.6) is 5.75 Å². The van der Waals surface area contributed by atoms with E-state index in [-0.39, 0.29) is 29.7 Å². The fraction of sp³-hybridized carbons (Fsp3) is 0.531. The first-order valence-electron chi connectivity index (χ1n) is 14.9. The summed E-state index contributed by atoms with van der Waals surface area (Å²) in [7, 11) is -2.31. The minimum absolute atomic E-state index is 0.0954. The van der Waals surface area contributed by atoms with E-state index < -0.39 is 21.2 Å². The number of benzene rings is 2. The smallest absolute Gasteiger partial charge is 0.337 e. The molecule has 2 aromatic rings. The second-order valence-corrected chi connectivity index (χ2v) is 14.7. The Morgan fingerprint density at radius 2 is 2.07 bits per heavy atom. The van der Waals surface area contributed by atoms with E-state index in [2.05, 4.69) is 21.9 Å². The molecule has 0 amide bonds. The van der Waals surface area contributed by atoms with Crippen molar-refractivity contribution in [1.29, 1.82) is 0 Å². The van der Waals surface area contributed by atoms with Gasteiger partial charge in [0, 0.05) is 36.1 Å². The maximum absolute atomic E-state index is 15.1. The van der Waals surface area contributed by atoms with Gasteiger partial charge < -0.3 is 14.4 Å². The Bertz CT molecular complexity index is 1500. The van der Waals surface area contributed by atoms with Gasteiger partial charge >= 0.3 is 5.97 Å². The molecule has 5 rings (SSSR count). The van der Waals surface area contributed by atoms with E-state index in [1.165, 1.54) is 24.3 Å². The number of rotatable bonds is 9. The second-order valence-electron chi connectivity index (χ2n) is 12.3. The van der Waals surface area contributed by atoms with Gasteiger partial charge in [-0.15, -0.1) is 0 Å². The van der Waals surface area contributed by atoms with Gasteiger partial charge in [-0.25, -0.2) is 22.7 Å². The fourth-order valence-electron chi connectivity index (χ4n) is 6.61. The van der Waals surface area contributed by atoms with Crippen LogP contribution in [-0.4, -0.2) is 70.5 Å². The summed E-state index contributed by atoms with van der Waals surface area (Å²) in [6.45, 7) is 6.07. The zero-order chi connectivity index (χ0) is 30.9. The first-order valence-corrected chi connectivity index (χ1v) is 16.9. The lowest BCUT2D eigenvalue weighted by Gasteiger charge is -2.46. The molecule has 3 aliphatic rings. The molecule has 43 heavy (non-hydrogen) atoms. The van der Waals surface area contributed by atoms with Crippen molar-refractivity contribution in [3.05, 3.63) is 70.0 Å². The second kappa shape index (κ2) is 12.8. The van der Waals surface area contributed by atoms with Crippen LogP contribution < -0.4 is 14.8 Å². The number of sulfonamides is 1. The Morgan fingerprint density at radius 3 is 2.77 bits per heavy atom. The Balaban J connectivity index is 1.38. The molecule has 1 fully saturated rings. The van der Waals surface area contributed by atoms with E-state index in [1.54, 1.807) is 19.9 Å². The van der Waals surface area contributed by atoms with Crippen LogP contribution in [0.2, 0.25) is 5.02 Å². The number of fused-ring (bicyclic) bond motifs is 3. The maximum atomic E-state index is 15.1. The van der Waals surface area contributed by atoms with Crippen molar-refractivity contribution < 1.29 is 27.1 Å². The van der Waals surface area contributed by atoms with Gasteiger partial charge in [-0.2, -0.15) is 0 Å². The number of ether oxygens (including phenoxy) is 2. The van der Waals surface area contributed by atoms with Gasteiger partial charge in [0.05, 0.1) is 36.8 Å². The number of carbonyl (C=O) groups is 1. The van der Waals surface area contributed by atoms with E-state index in [9.17, 15) is 13.2 Å². The molecule has 0 aromatic heterocycles. The number of hydrogen-bond donors (Lipinski definition) is 1. The highest BCUT2D eigenvalue weighted by Crippen LogP contribution is 2.45. The molecular weight excluding hydrogens is 593 g/mol. The number of nitrogens with zero attached hydrogens (tertiary/aromatic N) is 2. The lowest BCUT2D eigenvalue weighted by atomic mass is 9.70. The van der Waals surface area contributed by atoms with Crippen LogP contribution in [0.4, 0.5) is 10.1 Å². The summed E-state index contributed by atoms with van der Waals surface area (Å²) >= 11 is 6.37. The number of carbonyl (C=O) groups excluding carboxylic acids is 1. The molecule has 8 nitrogen and oxygen atoms in total. The number of primary sulfonamides is 1. The Hall–Kier alpha value is -2.66. The highest BCUT2D eigenvalue weighted by Gasteiger charge is 2.43. The van der Waals surface area contributed by atoms with Gasteiger partial charge in [0.1, 0.15) is 11.6 Å². The molecule has 1 aliphatic carbocycles. The van der Waals surface area contributed by atoms with Crippen molar-refractivity contribution in [2.24, 2.45) is 11.1 Å². The Kier molecular flexibility index (Phi) is 9.42. The van der Waals surface area contributed by atoms with Gasteiger partial charge in [-0.1, -0.05) is 30.7 Å². The van der Waals surface area contributed by atoms with Crippen LogP contribution >= 0.6 is 11.6 Å². The first kappa shape index (κ1) is 31.8. The quantitative estimate of drug-likeness (QED) is 0.377. The van der Waals surface area contributed by atoms with Crippen LogP contribution in [0, 0.1) is 5.92 Å². The van der Waals surface area contributed by atoms with Crippen molar-refractivity contribution >= 4 is 33.3 Å². The van der Waals surface area contributed by atoms with Crippen molar-refractivity contribution in [1.82, 2.24) is 4.90 Å². The summed E-state index contributed by atoms with van der Waals surface area (Å²) in [4.78, 5) is 16.9. The van der Waals surface area contributed by atoms with Crippen molar-refractivity contribution in [2.45, 2.75) is 62.7 Å². The fourth-order valence-corrected chi connectivity index (χ4v) is 7.56. The lowest BCUT2D eigenvalue weighted by molar-refractivity contribution is 0.0600. The molecular formula is C32H41ClFN3O5S. The average Bonchev–Trinajstić information content (AvgIpc) is 3.12. The number of anilines is 1. The molecule has 0 saturated carbocycles. The highest BCUT2D eigenvalue weighted by molar-refractivity contribution is 7.89. The molecule has 0 bridgehead atoms. The lowest BCUT2D eigenvalue weighted by Crippen LogP contribution is -2.56. The Morgan fingerprint density at radius 1 is 1.28 bits per heavy atom. The molecule has 1 saturated heterocycles. The summed E-state index contributed by atoms with van der Waals surface area (Å²) < 4.78 is 49.9. The summed E-state index contributed by atoms with van der Waals surface area (Å²) in [6, 6.07) is 11.6. The van der Waals surface area contributed by atoms with E-state index in [4.69, 9.17) is 26.2 Å². The van der Waals surface area contributed by atoms with Crippen molar-refractivity contribution in [2.75, 3.05) is 44.8 Å². The van der Waals surface area contributed by atoms with E-state index in [0.29, 0.717) is 37.4 Å². The van der Waals surface area contributed by atoms with Crippen molar-refractivity contribution in [3.63, 3.8) is 0 Å². The number of aryl methyl sites for hydroxylation is 1. The van der Waals surface area contributed by atoms with Crippen LogP contribution in [-0.2, 0) is 26.6 Å². The number of halogens is 2. The largest absolute Gasteiger partial charge is 0.490 e. The molecule has 0 radical (unpaired) electrons. The molecule has 1 spiro atoms. The molecule has 2 N–H and O–H groups in total. The summed E-state index contributed by atoms with van der Waals surface area (Å²) in [6.07, 6.45) is 5.63. The Labute approximate surface area is 259 Å². The van der Waals surface area contributed by atoms with E-state index >= 15 is 4.39 Å². The van der Waals surface area contributed by atoms with Crippen LogP contribution in [0.15, 0.2) is 48.3 Å². The number of allylic oxidation sites excluding steroid dienone is 1. The van der Waals surface area contributed by atoms with Gasteiger partial charge in [0.15, 0.2) is 0 Å². The van der Waals surface area contributed by atoms with Crippen LogP contribution in [0.1, 0.15) is 61.0 Å². The number of likely N-dealkylation sites (tertiary alicyclic amines) is 1. The number of esters is 1. The van der Waals surface area contributed by atoms with Crippen LogP contribution in [0.3, 0.4) is 0 Å². The SMILES string of the molecule is COC(=O)c1ccc2c(c1)N(C[C@@H]1CCN1CC(F)=CC[C@H](C)[C@@H](C)S(N)(=O)=O)C[C@@]1(CCCc3cc(Cl)ccc31)CO2. The zero-order valence-electron chi connectivity index (χ0n) is 25.0. The average molecular weight is 634 g/mol. The molecule has 2 heterocycles. The van der Waals surface area contributed by atoms with E-state index in [0.717, 1.165) is 42.9 Å². The summed E-state index contributed by atoms with van der Waals surface area (Å²) in [5, 5.41) is 5.25. The zero-order valence-corrected chi connectivity index (χ0v) is 26.6. The maximum Gasteiger partial charge on any atom is 0.337 e. The molecule has 2 aliphatic heterocycles. The highest BCUT2D eigenvalue weighted by atomic mass is 35.5. The third kappa shape index (κ3) is 6.87. The first-order chi connectivity index (χ1) is 20.4. The standard InChI is InChI=1S/C32H41ClFN3O5S/c1-21(22(2)43(35,39)40)6-9-26(34)17-36-14-12-27(36)18-37-19-32(13-4-5-23-15-25(33)8-10-28(23)32)20-42-30-11-7-24(16-29(30)37)31(38)41-3/h7-11,15-16,21-22,27H,4-6,12-14,17-20H2,1-3H3,(H2,35,39,40)/t21-,22+,27-,32-/m0/s1. The molecule has 0 unspecified atom stereocenters. The number of nitrogens with two attached hydrogens (primary N) is 1. The van der Waals surface area contributed by atoms with Crippen molar-refractivity contribution in [3.8, 4) is 5.75 Å². The number of hydrogen-bond acceptors (Lipinski definition) is 7. The van der Waals surface area contributed by atoms with Gasteiger partial charge in [0.25, 0.3) is 0 Å². The van der Waals surface area contributed by atoms with Gasteiger partial charge in [0.2, 0.25) is 10.0 Å². The third-order valence-electron chi connectivity index (χ3n) is 9.54.